The van der Waals surface area contributed by atoms with Gasteiger partial charge < -0.3 is 43.1 Å². The van der Waals surface area contributed by atoms with Gasteiger partial charge in [0.15, 0.2) is 22.9 Å². The van der Waals surface area contributed by atoms with Crippen LogP contribution in [-0.2, 0) is 53.0 Å². The number of furan rings is 1. The lowest BCUT2D eigenvalue weighted by Gasteiger charge is -2.79. The first-order valence-electron chi connectivity index (χ1n) is 17.8. The van der Waals surface area contributed by atoms with Crippen LogP contribution >= 0.6 is 0 Å². The molecule has 4 heterocycles. The van der Waals surface area contributed by atoms with E-state index in [1.807, 2.05) is 20.8 Å². The van der Waals surface area contributed by atoms with Crippen LogP contribution in [0.15, 0.2) is 16.7 Å². The highest BCUT2D eigenvalue weighted by Crippen LogP contribution is 2.91. The van der Waals surface area contributed by atoms with Gasteiger partial charge >= 0.3 is 17.9 Å². The third kappa shape index (κ3) is 2.77. The van der Waals surface area contributed by atoms with E-state index < -0.39 is 116 Å². The van der Waals surface area contributed by atoms with Crippen LogP contribution < -0.4 is 0 Å². The molecule has 1 aromatic heterocycles. The van der Waals surface area contributed by atoms with Gasteiger partial charge in [-0.05, 0) is 31.2 Å². The van der Waals surface area contributed by atoms with Gasteiger partial charge in [0.05, 0.1) is 25.4 Å². The van der Waals surface area contributed by atoms with Gasteiger partial charge in [0.2, 0.25) is 0 Å². The smallest absolute Gasteiger partial charge is 0.328 e. The molecule has 3 spiro atoms. The fourth-order valence-electron chi connectivity index (χ4n) is 13.8. The molecule has 3 aliphatic heterocycles. The zero-order valence-corrected chi connectivity index (χ0v) is 29.9. The van der Waals surface area contributed by atoms with Crippen molar-refractivity contribution in [3.8, 4) is 0 Å². The van der Waals surface area contributed by atoms with Crippen molar-refractivity contribution in [3.05, 3.63) is 23.7 Å². The molecule has 4 saturated carbocycles. The molecule has 14 atom stereocenters. The fourth-order valence-corrected chi connectivity index (χ4v) is 13.8. The first kappa shape index (κ1) is 33.0. The predicted octanol–water partition coefficient (Wildman–Crippen LogP) is 3.02. The monoisotopic (exact) mass is 698 g/mol. The average Bonchev–Trinajstić information content (AvgIpc) is 3.71. The van der Waals surface area contributed by atoms with Crippen LogP contribution in [-0.4, -0.2) is 81.6 Å². The van der Waals surface area contributed by atoms with E-state index in [1.54, 1.807) is 40.7 Å². The first-order chi connectivity index (χ1) is 23.2. The zero-order chi connectivity index (χ0) is 36.2. The molecule has 0 radical (unpaired) electrons. The molecular weight excluding hydrogens is 652 g/mol. The second-order valence-corrected chi connectivity index (χ2v) is 17.8. The Morgan fingerprint density at radius 3 is 2.30 bits per heavy atom. The van der Waals surface area contributed by atoms with Gasteiger partial charge in [-0.25, -0.2) is 0 Å². The summed E-state index contributed by atoms with van der Waals surface area (Å²) in [5.74, 6) is -7.36. The van der Waals surface area contributed by atoms with Crippen molar-refractivity contribution >= 4 is 23.7 Å². The molecule has 9 rings (SSSR count). The number of hydrogen-bond donors (Lipinski definition) is 2. The summed E-state index contributed by atoms with van der Waals surface area (Å²) in [5.41, 5.74) is -12.6. The van der Waals surface area contributed by atoms with Crippen molar-refractivity contribution in [1.29, 1.82) is 0 Å². The Hall–Kier alpha value is -2.84. The summed E-state index contributed by atoms with van der Waals surface area (Å²) < 4.78 is 45.4. The Balaban J connectivity index is 1.41. The number of aliphatic hydroxyl groups is 2. The molecule has 0 amide bonds. The molecule has 272 valence electrons. The third-order valence-corrected chi connectivity index (χ3v) is 15.2. The molecular formula is C37H46O13. The number of fused-ring (bicyclic) bond motifs is 5. The lowest BCUT2D eigenvalue weighted by molar-refractivity contribution is -0.480. The molecule has 1 aromatic rings. The van der Waals surface area contributed by atoms with Crippen LogP contribution in [0.2, 0.25) is 0 Å². The highest BCUT2D eigenvalue weighted by atomic mass is 16.9. The Morgan fingerprint density at radius 1 is 0.980 bits per heavy atom. The molecule has 13 nitrogen and oxygen atoms in total. The number of aliphatic hydroxyl groups excluding tert-OH is 1. The second-order valence-electron chi connectivity index (χ2n) is 17.8. The Labute approximate surface area is 289 Å². The zero-order valence-electron chi connectivity index (χ0n) is 29.9. The van der Waals surface area contributed by atoms with Crippen molar-refractivity contribution in [2.75, 3.05) is 7.11 Å². The average molecular weight is 699 g/mol. The summed E-state index contributed by atoms with van der Waals surface area (Å²) in [6, 6.07) is 1.63. The van der Waals surface area contributed by atoms with Gasteiger partial charge in [-0.2, -0.15) is 0 Å². The topological polar surface area (TPSA) is 177 Å². The van der Waals surface area contributed by atoms with Gasteiger partial charge in [-0.3, -0.25) is 19.2 Å². The molecule has 0 aromatic carbocycles. The van der Waals surface area contributed by atoms with Gasteiger partial charge in [0.1, 0.15) is 28.7 Å². The second kappa shape index (κ2) is 8.85. The van der Waals surface area contributed by atoms with Crippen molar-refractivity contribution in [2.45, 2.75) is 133 Å². The molecule has 8 aliphatic rings. The third-order valence-electron chi connectivity index (χ3n) is 15.2. The number of ketones is 1. The molecule has 3 saturated heterocycles. The highest BCUT2D eigenvalue weighted by molar-refractivity contribution is 6.12. The number of rotatable bonds is 6. The van der Waals surface area contributed by atoms with Crippen LogP contribution in [0.3, 0.4) is 0 Å². The normalized spacial score (nSPS) is 54.0. The van der Waals surface area contributed by atoms with Gasteiger partial charge in [0, 0.05) is 47.0 Å². The van der Waals surface area contributed by atoms with Crippen LogP contribution in [0.4, 0.5) is 0 Å². The summed E-state index contributed by atoms with van der Waals surface area (Å²) in [4.78, 5) is 57.0. The molecule has 50 heavy (non-hydrogen) atoms. The maximum atomic E-state index is 15.2. The van der Waals surface area contributed by atoms with E-state index in [-0.39, 0.29) is 31.4 Å². The van der Waals surface area contributed by atoms with E-state index in [1.165, 1.54) is 13.4 Å². The van der Waals surface area contributed by atoms with Gasteiger partial charge in [-0.15, -0.1) is 0 Å². The van der Waals surface area contributed by atoms with Crippen molar-refractivity contribution in [3.63, 3.8) is 0 Å². The number of carbonyl (C=O) groups is 4. The Kier molecular flexibility index (Phi) is 5.84. The number of ether oxygens (including phenoxy) is 6. The van der Waals surface area contributed by atoms with Gasteiger partial charge in [0.25, 0.3) is 5.97 Å². The molecule has 2 N–H and O–H groups in total. The molecule has 4 bridgehead atoms. The van der Waals surface area contributed by atoms with Crippen molar-refractivity contribution < 1.29 is 62.2 Å². The summed E-state index contributed by atoms with van der Waals surface area (Å²) in [6.07, 6.45) is -2.27. The maximum Gasteiger partial charge on any atom is 0.328 e. The largest absolute Gasteiger partial charge is 0.469 e. The standard InChI is InChI=1S/C37H46O13/c1-16(2)21(39)35-23-18(10-13-45-23)22(46-24(40)17(3)4)29(5)11-12-33-31(7)19(14-20(38)44-9)30(6)15-34(31)36(43,26(30)41)27(47-28(35)42)37(33,25(29)35)50-32(8,48-33)49-34/h10,13,16-17,19,22,25-27,41,43H,11-12,14-15H2,1-9H3/t19-,22-,25-,26-,27+,29-,30+,31-,32+,33-,34+,35+,36-,37+/m0/s1. The van der Waals surface area contributed by atoms with Gasteiger partial charge in [-0.1, -0.05) is 48.5 Å². The fraction of sp³-hybridized carbons (Fsp3) is 0.784. The summed E-state index contributed by atoms with van der Waals surface area (Å²) in [6.45, 7) is 14.1. The minimum atomic E-state index is -2.28. The minimum absolute atomic E-state index is 0.00302. The van der Waals surface area contributed by atoms with E-state index in [9.17, 15) is 19.8 Å². The SMILES string of the molecule is COC(=O)C[C@H]1[C@@]2(C)C[C@]34O[C@]5(C)O[C@]67[C@@H]8[C@](C(=O)C(C)C)(C(=O)O[C@@H]6[C@@]3(O)[C@H]2O)c2occc2[C@H](OC(=O)C(C)C)[C@]8(C)CC[C@]7(O5)[C@]14C. The number of hydrogen-bond acceptors (Lipinski definition) is 13. The van der Waals surface area contributed by atoms with E-state index in [2.05, 4.69) is 0 Å². The predicted molar refractivity (Wildman–Crippen MR) is 166 cm³/mol. The van der Waals surface area contributed by atoms with Crippen LogP contribution in [0.5, 0.6) is 0 Å². The maximum absolute atomic E-state index is 15.2. The quantitative estimate of drug-likeness (QED) is 0.252. The summed E-state index contributed by atoms with van der Waals surface area (Å²) in [7, 11) is 1.30. The number of methoxy groups -OCH3 is 1. The number of carbonyl (C=O) groups excluding carboxylic acids is 4. The van der Waals surface area contributed by atoms with Crippen LogP contribution in [0.25, 0.3) is 0 Å². The van der Waals surface area contributed by atoms with E-state index >= 15 is 9.59 Å². The minimum Gasteiger partial charge on any atom is -0.469 e. The Morgan fingerprint density at radius 2 is 1.66 bits per heavy atom. The lowest BCUT2D eigenvalue weighted by atomic mass is 9.30. The van der Waals surface area contributed by atoms with E-state index in [4.69, 9.17) is 32.8 Å². The molecule has 0 unspecified atom stereocenters. The van der Waals surface area contributed by atoms with Crippen LogP contribution in [0, 0.1) is 39.9 Å². The van der Waals surface area contributed by atoms with Crippen molar-refractivity contribution in [1.82, 2.24) is 0 Å². The number of Topliss-reactive ketones (excluding diaryl/α,β-unsaturated/α-hetero) is 1. The number of esters is 3. The van der Waals surface area contributed by atoms with E-state index in [0.717, 1.165) is 0 Å². The molecule has 13 heteroatoms. The van der Waals surface area contributed by atoms with Crippen molar-refractivity contribution in [2.24, 2.45) is 39.9 Å². The molecule has 5 aliphatic carbocycles. The lowest BCUT2D eigenvalue weighted by Crippen LogP contribution is -2.96. The highest BCUT2D eigenvalue weighted by Gasteiger charge is 3.05. The Bertz CT molecular complexity index is 1800. The summed E-state index contributed by atoms with van der Waals surface area (Å²) >= 11 is 0. The summed E-state index contributed by atoms with van der Waals surface area (Å²) in [5, 5.41) is 25.9. The van der Waals surface area contributed by atoms with E-state index in [0.29, 0.717) is 5.56 Å². The molecule has 7 fully saturated rings. The van der Waals surface area contributed by atoms with Crippen LogP contribution in [0.1, 0.15) is 98.5 Å². The first-order valence-corrected chi connectivity index (χ1v) is 17.8.